The third-order valence-corrected chi connectivity index (χ3v) is 1.04. The van der Waals surface area contributed by atoms with Crippen molar-refractivity contribution < 1.29 is 9.63 Å². The topological polar surface area (TPSA) is 57.0 Å². The molecule has 0 spiro atoms. The lowest BCUT2D eigenvalue weighted by molar-refractivity contribution is -0.131. The standard InChI is InChI=1S/C5H7N3O2/c1-2-5-6-3-7-8(5)10-4-9/h3-4H,2H2,1H3. The van der Waals surface area contributed by atoms with Gasteiger partial charge in [-0.1, -0.05) is 11.8 Å². The van der Waals surface area contributed by atoms with Crippen molar-refractivity contribution >= 4 is 6.47 Å². The fraction of sp³-hybridized carbons (Fsp3) is 0.400. The predicted octanol–water partition coefficient (Wildman–Crippen LogP) is -0.575. The fourth-order valence-corrected chi connectivity index (χ4v) is 0.611. The number of hydrogen-bond donors (Lipinski definition) is 0. The molecular formula is C5H7N3O2. The van der Waals surface area contributed by atoms with E-state index in [0.29, 0.717) is 18.7 Å². The minimum atomic E-state index is 0.313. The highest BCUT2D eigenvalue weighted by Gasteiger charge is 1.99. The molecule has 0 unspecified atom stereocenters. The summed E-state index contributed by atoms with van der Waals surface area (Å²) in [7, 11) is 0. The van der Waals surface area contributed by atoms with E-state index in [2.05, 4.69) is 14.9 Å². The maximum Gasteiger partial charge on any atom is 0.323 e. The predicted molar refractivity (Wildman–Crippen MR) is 32.0 cm³/mol. The summed E-state index contributed by atoms with van der Waals surface area (Å²) in [4.78, 5) is 19.2. The summed E-state index contributed by atoms with van der Waals surface area (Å²) >= 11 is 0. The quantitative estimate of drug-likeness (QED) is 0.529. The second kappa shape index (κ2) is 2.95. The Morgan fingerprint density at radius 2 is 2.70 bits per heavy atom. The summed E-state index contributed by atoms with van der Waals surface area (Å²) in [5.41, 5.74) is 0. The summed E-state index contributed by atoms with van der Waals surface area (Å²) in [6, 6.07) is 0. The summed E-state index contributed by atoms with van der Waals surface area (Å²) in [6.07, 6.45) is 2.02. The second-order valence-corrected chi connectivity index (χ2v) is 1.60. The number of carbonyl (C=O) groups is 1. The zero-order chi connectivity index (χ0) is 7.40. The molecule has 0 aromatic carbocycles. The lowest BCUT2D eigenvalue weighted by Gasteiger charge is -1.96. The number of rotatable bonds is 3. The number of hydrogen-bond acceptors (Lipinski definition) is 4. The molecule has 0 radical (unpaired) electrons. The van der Waals surface area contributed by atoms with Gasteiger partial charge in [0, 0.05) is 6.42 Å². The molecule has 1 aromatic heterocycles. The van der Waals surface area contributed by atoms with Crippen LogP contribution in [0.4, 0.5) is 0 Å². The normalized spacial score (nSPS) is 9.30. The van der Waals surface area contributed by atoms with E-state index in [9.17, 15) is 4.79 Å². The van der Waals surface area contributed by atoms with Crippen LogP contribution in [0.3, 0.4) is 0 Å². The Hall–Kier alpha value is -1.39. The molecule has 0 fully saturated rings. The number of aryl methyl sites for hydroxylation is 1. The third-order valence-electron chi connectivity index (χ3n) is 1.04. The highest BCUT2D eigenvalue weighted by Crippen LogP contribution is 1.89. The van der Waals surface area contributed by atoms with Gasteiger partial charge in [0.05, 0.1) is 0 Å². The van der Waals surface area contributed by atoms with Crippen molar-refractivity contribution in [2.45, 2.75) is 13.3 Å². The molecule has 0 atom stereocenters. The minimum absolute atomic E-state index is 0.313. The maximum absolute atomic E-state index is 9.83. The van der Waals surface area contributed by atoms with Crippen molar-refractivity contribution in [1.82, 2.24) is 14.9 Å². The molecule has 1 heterocycles. The highest BCUT2D eigenvalue weighted by molar-refractivity contribution is 5.37. The van der Waals surface area contributed by atoms with Crippen molar-refractivity contribution in [2.75, 3.05) is 0 Å². The summed E-state index contributed by atoms with van der Waals surface area (Å²) in [5.74, 6) is 0.632. The molecule has 0 amide bonds. The van der Waals surface area contributed by atoms with Crippen molar-refractivity contribution in [3.05, 3.63) is 12.2 Å². The van der Waals surface area contributed by atoms with Crippen molar-refractivity contribution in [1.29, 1.82) is 0 Å². The first-order valence-corrected chi connectivity index (χ1v) is 2.88. The number of nitrogens with zero attached hydrogens (tertiary/aromatic N) is 3. The zero-order valence-electron chi connectivity index (χ0n) is 5.52. The molecule has 5 heteroatoms. The van der Waals surface area contributed by atoms with E-state index in [1.165, 1.54) is 6.33 Å². The van der Waals surface area contributed by atoms with E-state index in [1.807, 2.05) is 6.92 Å². The first-order chi connectivity index (χ1) is 4.88. The molecule has 5 nitrogen and oxygen atoms in total. The molecular weight excluding hydrogens is 134 g/mol. The largest absolute Gasteiger partial charge is 0.323 e. The number of carbonyl (C=O) groups excluding carboxylic acids is 1. The minimum Gasteiger partial charge on any atom is -0.321 e. The molecule has 0 aliphatic carbocycles. The van der Waals surface area contributed by atoms with Gasteiger partial charge in [-0.15, -0.1) is 5.10 Å². The van der Waals surface area contributed by atoms with E-state index in [4.69, 9.17) is 0 Å². The van der Waals surface area contributed by atoms with Crippen LogP contribution < -0.4 is 4.84 Å². The molecule has 10 heavy (non-hydrogen) atoms. The SMILES string of the molecule is CCc1ncnn1OC=O. The van der Waals surface area contributed by atoms with Crippen LogP contribution >= 0.6 is 0 Å². The van der Waals surface area contributed by atoms with Crippen molar-refractivity contribution in [3.8, 4) is 0 Å². The Morgan fingerprint density at radius 3 is 3.30 bits per heavy atom. The number of aromatic nitrogens is 3. The Labute approximate surface area is 57.6 Å². The van der Waals surface area contributed by atoms with Crippen molar-refractivity contribution in [2.24, 2.45) is 0 Å². The molecule has 1 aromatic rings. The van der Waals surface area contributed by atoms with Gasteiger partial charge in [0.25, 0.3) is 0 Å². The first-order valence-electron chi connectivity index (χ1n) is 2.88. The monoisotopic (exact) mass is 141 g/mol. The van der Waals surface area contributed by atoms with Crippen LogP contribution in [-0.2, 0) is 11.2 Å². The van der Waals surface area contributed by atoms with Gasteiger partial charge in [-0.25, -0.2) is 4.98 Å². The average Bonchev–Trinajstić information content (AvgIpc) is 2.36. The van der Waals surface area contributed by atoms with Crippen LogP contribution in [0.2, 0.25) is 0 Å². The molecule has 0 saturated carbocycles. The lowest BCUT2D eigenvalue weighted by Crippen LogP contribution is -2.13. The van der Waals surface area contributed by atoms with Crippen LogP contribution in [0.25, 0.3) is 0 Å². The van der Waals surface area contributed by atoms with Crippen molar-refractivity contribution in [3.63, 3.8) is 0 Å². The molecule has 0 saturated heterocycles. The van der Waals surface area contributed by atoms with E-state index in [1.54, 1.807) is 0 Å². The zero-order valence-corrected chi connectivity index (χ0v) is 5.52. The Bertz CT molecular complexity index is 220. The van der Waals surface area contributed by atoms with Gasteiger partial charge in [0.15, 0.2) is 5.82 Å². The Balaban J connectivity index is 2.79. The molecule has 0 aliphatic rings. The van der Waals surface area contributed by atoms with Gasteiger partial charge in [-0.2, -0.15) is 0 Å². The summed E-state index contributed by atoms with van der Waals surface area (Å²) in [5, 5.41) is 3.63. The van der Waals surface area contributed by atoms with Gasteiger partial charge in [0.1, 0.15) is 6.33 Å². The van der Waals surface area contributed by atoms with Gasteiger partial charge in [-0.05, 0) is 0 Å². The van der Waals surface area contributed by atoms with E-state index in [-0.39, 0.29) is 0 Å². The van der Waals surface area contributed by atoms with Gasteiger partial charge in [0.2, 0.25) is 0 Å². The summed E-state index contributed by atoms with van der Waals surface area (Å²) < 4.78 is 0. The van der Waals surface area contributed by atoms with Gasteiger partial charge >= 0.3 is 6.47 Å². The van der Waals surface area contributed by atoms with E-state index >= 15 is 0 Å². The van der Waals surface area contributed by atoms with Crippen LogP contribution in [0, 0.1) is 0 Å². The van der Waals surface area contributed by atoms with Gasteiger partial charge < -0.3 is 4.84 Å². The lowest BCUT2D eigenvalue weighted by atomic mass is 10.5. The molecule has 1 rings (SSSR count). The Morgan fingerprint density at radius 1 is 1.90 bits per heavy atom. The van der Waals surface area contributed by atoms with Crippen LogP contribution in [-0.4, -0.2) is 21.4 Å². The highest BCUT2D eigenvalue weighted by atomic mass is 16.7. The third kappa shape index (κ3) is 1.12. The molecule has 0 N–H and O–H groups in total. The maximum atomic E-state index is 9.83. The van der Waals surface area contributed by atoms with Crippen LogP contribution in [0.5, 0.6) is 0 Å². The molecule has 0 bridgehead atoms. The van der Waals surface area contributed by atoms with Gasteiger partial charge in [-0.3, -0.25) is 4.79 Å². The van der Waals surface area contributed by atoms with E-state index < -0.39 is 0 Å². The first kappa shape index (κ1) is 6.73. The second-order valence-electron chi connectivity index (χ2n) is 1.60. The van der Waals surface area contributed by atoms with Crippen LogP contribution in [0.15, 0.2) is 6.33 Å². The molecule has 0 aliphatic heterocycles. The smallest absolute Gasteiger partial charge is 0.321 e. The summed E-state index contributed by atoms with van der Waals surface area (Å²) in [6.45, 7) is 2.21. The average molecular weight is 141 g/mol. The fourth-order valence-electron chi connectivity index (χ4n) is 0.611. The Kier molecular flexibility index (Phi) is 1.99. The van der Waals surface area contributed by atoms with Crippen LogP contribution in [0.1, 0.15) is 12.7 Å². The molecule has 54 valence electrons. The van der Waals surface area contributed by atoms with E-state index in [0.717, 1.165) is 4.85 Å².